The highest BCUT2D eigenvalue weighted by atomic mass is 32.2. The van der Waals surface area contributed by atoms with Crippen LogP contribution in [0.5, 0.6) is 0 Å². The molecule has 0 saturated heterocycles. The number of ketones is 1. The molecule has 0 saturated carbocycles. The molecule has 2 nitrogen and oxygen atoms in total. The van der Waals surface area contributed by atoms with Gasteiger partial charge in [0.2, 0.25) is 0 Å². The molecule has 0 amide bonds. The third-order valence-corrected chi connectivity index (χ3v) is 2.58. The second kappa shape index (κ2) is 5.54. The van der Waals surface area contributed by atoms with Gasteiger partial charge in [0.25, 0.3) is 0 Å². The monoisotopic (exact) mass is 216 g/mol. The number of hydrogen-bond donors (Lipinski definition) is 0. The van der Waals surface area contributed by atoms with E-state index < -0.39 is 0 Å². The molecule has 0 heterocycles. The topological polar surface area (TPSA) is 34.1 Å². The Kier molecular flexibility index (Phi) is 5.42. The lowest BCUT2D eigenvalue weighted by Gasteiger charge is -2.17. The first kappa shape index (κ1) is 13.7. The Balaban J connectivity index is 3.89. The molecule has 0 aliphatic rings. The number of hydrogen-bond acceptors (Lipinski definition) is 3. The van der Waals surface area contributed by atoms with E-state index in [9.17, 15) is 9.59 Å². The smallest absolute Gasteiger partial charge is 0.189 e. The maximum atomic E-state index is 11.5. The molecule has 0 unspecified atom stereocenters. The number of thioether (sulfide) groups is 1. The van der Waals surface area contributed by atoms with Gasteiger partial charge in [-0.05, 0) is 12.8 Å². The van der Waals surface area contributed by atoms with E-state index in [1.54, 1.807) is 6.92 Å². The van der Waals surface area contributed by atoms with E-state index in [1.165, 1.54) is 11.8 Å². The SMILES string of the molecule is CC(=O)C[C@H](C)CC(=O)SC(C)(C)C. The highest BCUT2D eigenvalue weighted by molar-refractivity contribution is 8.14. The zero-order chi connectivity index (χ0) is 11.4. The summed E-state index contributed by atoms with van der Waals surface area (Å²) in [7, 11) is 0. The molecule has 0 aromatic rings. The van der Waals surface area contributed by atoms with Crippen LogP contribution in [0, 0.1) is 5.92 Å². The van der Waals surface area contributed by atoms with Crippen molar-refractivity contribution in [2.24, 2.45) is 5.92 Å². The predicted molar refractivity (Wildman–Crippen MR) is 61.4 cm³/mol. The van der Waals surface area contributed by atoms with Crippen molar-refractivity contribution in [3.8, 4) is 0 Å². The molecule has 1 atom stereocenters. The summed E-state index contributed by atoms with van der Waals surface area (Å²) in [5, 5.41) is 0.186. The first-order chi connectivity index (χ1) is 6.20. The highest BCUT2D eigenvalue weighted by Gasteiger charge is 2.19. The van der Waals surface area contributed by atoms with Crippen LogP contribution in [0.3, 0.4) is 0 Å². The number of rotatable bonds is 4. The molecule has 82 valence electrons. The molecule has 0 fully saturated rings. The summed E-state index contributed by atoms with van der Waals surface area (Å²) >= 11 is 1.36. The van der Waals surface area contributed by atoms with Crippen LogP contribution in [0.2, 0.25) is 0 Å². The molecule has 0 aromatic heterocycles. The third-order valence-electron chi connectivity index (χ3n) is 1.57. The van der Waals surface area contributed by atoms with Gasteiger partial charge in [-0.3, -0.25) is 4.79 Å². The molecule has 0 aliphatic carbocycles. The molecule has 0 rings (SSSR count). The summed E-state index contributed by atoms with van der Waals surface area (Å²) < 4.78 is -0.0208. The lowest BCUT2D eigenvalue weighted by molar-refractivity contribution is -0.118. The maximum absolute atomic E-state index is 11.5. The Hall–Kier alpha value is -0.310. The van der Waals surface area contributed by atoms with E-state index in [0.717, 1.165) is 0 Å². The Morgan fingerprint density at radius 3 is 2.07 bits per heavy atom. The van der Waals surface area contributed by atoms with Crippen LogP contribution in [0.4, 0.5) is 0 Å². The van der Waals surface area contributed by atoms with Crippen molar-refractivity contribution in [1.82, 2.24) is 0 Å². The second-order valence-corrected chi connectivity index (χ2v) is 6.69. The van der Waals surface area contributed by atoms with Gasteiger partial charge in [-0.2, -0.15) is 0 Å². The van der Waals surface area contributed by atoms with Crippen LogP contribution < -0.4 is 0 Å². The summed E-state index contributed by atoms with van der Waals surface area (Å²) in [5.41, 5.74) is 0. The van der Waals surface area contributed by atoms with Gasteiger partial charge in [0.15, 0.2) is 5.12 Å². The lowest BCUT2D eigenvalue weighted by Crippen LogP contribution is -2.14. The predicted octanol–water partition coefficient (Wildman–Crippen LogP) is 3.05. The summed E-state index contributed by atoms with van der Waals surface area (Å²) in [6.07, 6.45) is 1.01. The summed E-state index contributed by atoms with van der Waals surface area (Å²) in [4.78, 5) is 22.3. The standard InChI is InChI=1S/C11H20O2S/c1-8(6-9(2)12)7-10(13)14-11(3,4)5/h8H,6-7H2,1-5H3/t8-/m0/s1. The minimum atomic E-state index is -0.0208. The maximum Gasteiger partial charge on any atom is 0.189 e. The number of carbonyl (C=O) groups excluding carboxylic acids is 2. The molecular weight excluding hydrogens is 196 g/mol. The van der Waals surface area contributed by atoms with Crippen LogP contribution in [0.25, 0.3) is 0 Å². The summed E-state index contributed by atoms with van der Waals surface area (Å²) in [6, 6.07) is 0. The van der Waals surface area contributed by atoms with Crippen LogP contribution in [0.15, 0.2) is 0 Å². The van der Waals surface area contributed by atoms with E-state index in [0.29, 0.717) is 12.8 Å². The average molecular weight is 216 g/mol. The van der Waals surface area contributed by atoms with Crippen molar-refractivity contribution in [2.45, 2.75) is 52.2 Å². The minimum absolute atomic E-state index is 0.0208. The van der Waals surface area contributed by atoms with Crippen molar-refractivity contribution in [3.05, 3.63) is 0 Å². The summed E-state index contributed by atoms with van der Waals surface area (Å²) in [5.74, 6) is 0.334. The Labute approximate surface area is 90.8 Å². The normalized spacial score (nSPS) is 13.8. The quantitative estimate of drug-likeness (QED) is 0.724. The fourth-order valence-electron chi connectivity index (χ4n) is 1.23. The number of Topliss-reactive ketones (excluding diaryl/α,β-unsaturated/α-hetero) is 1. The van der Waals surface area contributed by atoms with Gasteiger partial charge in [0, 0.05) is 17.6 Å². The molecule has 0 aromatic carbocycles. The molecule has 3 heteroatoms. The van der Waals surface area contributed by atoms with E-state index in [2.05, 4.69) is 0 Å². The van der Waals surface area contributed by atoms with Gasteiger partial charge >= 0.3 is 0 Å². The van der Waals surface area contributed by atoms with Crippen molar-refractivity contribution in [3.63, 3.8) is 0 Å². The van der Waals surface area contributed by atoms with Gasteiger partial charge in [-0.15, -0.1) is 0 Å². The van der Waals surface area contributed by atoms with E-state index in [4.69, 9.17) is 0 Å². The van der Waals surface area contributed by atoms with Crippen LogP contribution in [0.1, 0.15) is 47.5 Å². The molecule has 0 spiro atoms. The highest BCUT2D eigenvalue weighted by Crippen LogP contribution is 2.27. The van der Waals surface area contributed by atoms with E-state index in [1.807, 2.05) is 27.7 Å². The van der Waals surface area contributed by atoms with Crippen molar-refractivity contribution < 1.29 is 9.59 Å². The van der Waals surface area contributed by atoms with Crippen molar-refractivity contribution in [1.29, 1.82) is 0 Å². The zero-order valence-electron chi connectivity index (χ0n) is 9.72. The Morgan fingerprint density at radius 2 is 1.71 bits per heavy atom. The van der Waals surface area contributed by atoms with Gasteiger partial charge in [-0.25, -0.2) is 0 Å². The summed E-state index contributed by atoms with van der Waals surface area (Å²) in [6.45, 7) is 9.57. The average Bonchev–Trinajstić information content (AvgIpc) is 1.77. The Morgan fingerprint density at radius 1 is 1.21 bits per heavy atom. The number of carbonyl (C=O) groups is 2. The molecule has 14 heavy (non-hydrogen) atoms. The fraction of sp³-hybridized carbons (Fsp3) is 0.818. The Bertz CT molecular complexity index is 216. The zero-order valence-corrected chi connectivity index (χ0v) is 10.5. The van der Waals surface area contributed by atoms with Gasteiger partial charge < -0.3 is 4.79 Å². The van der Waals surface area contributed by atoms with Crippen LogP contribution in [-0.4, -0.2) is 15.6 Å². The lowest BCUT2D eigenvalue weighted by atomic mass is 10.0. The van der Waals surface area contributed by atoms with Crippen LogP contribution >= 0.6 is 11.8 Å². The molecule has 0 N–H and O–H groups in total. The van der Waals surface area contributed by atoms with E-state index in [-0.39, 0.29) is 21.6 Å². The largest absolute Gasteiger partial charge is 0.300 e. The van der Waals surface area contributed by atoms with Gasteiger partial charge in [0.05, 0.1) is 0 Å². The molecule has 0 radical (unpaired) electrons. The second-order valence-electron chi connectivity index (χ2n) is 4.80. The molecular formula is C11H20O2S. The van der Waals surface area contributed by atoms with Crippen molar-refractivity contribution >= 4 is 22.7 Å². The fourth-order valence-corrected chi connectivity index (χ4v) is 2.28. The van der Waals surface area contributed by atoms with Gasteiger partial charge in [-0.1, -0.05) is 39.5 Å². The van der Waals surface area contributed by atoms with E-state index >= 15 is 0 Å². The first-order valence-electron chi connectivity index (χ1n) is 4.92. The van der Waals surface area contributed by atoms with Gasteiger partial charge in [0.1, 0.15) is 5.78 Å². The molecule has 0 aliphatic heterocycles. The first-order valence-corrected chi connectivity index (χ1v) is 5.73. The minimum Gasteiger partial charge on any atom is -0.300 e. The molecule has 0 bridgehead atoms. The van der Waals surface area contributed by atoms with Crippen molar-refractivity contribution in [2.75, 3.05) is 0 Å². The third kappa shape index (κ3) is 8.30. The van der Waals surface area contributed by atoms with Crippen LogP contribution in [-0.2, 0) is 9.59 Å².